The number of fused-ring (bicyclic) bond motifs is 7. The molecule has 19 heteroatoms. The van der Waals surface area contributed by atoms with Crippen LogP contribution in [0.5, 0.6) is 0 Å². The summed E-state index contributed by atoms with van der Waals surface area (Å²) in [6.07, 6.45) is -17.2. The molecule has 7 unspecified atom stereocenters. The molecule has 5 aliphatic heterocycles. The Morgan fingerprint density at radius 3 is 1.69 bits per heavy atom. The zero-order valence-corrected chi connectivity index (χ0v) is 37.3. The van der Waals surface area contributed by atoms with Crippen molar-refractivity contribution in [3.63, 3.8) is 0 Å². The van der Waals surface area contributed by atoms with Gasteiger partial charge in [-0.05, 0) is 91.8 Å². The fourth-order valence-electron chi connectivity index (χ4n) is 14.7. The molecule has 28 atom stereocenters. The van der Waals surface area contributed by atoms with Crippen LogP contribution in [0.3, 0.4) is 0 Å². The van der Waals surface area contributed by atoms with Crippen molar-refractivity contribution in [2.75, 3.05) is 26.4 Å². The van der Waals surface area contributed by atoms with Crippen LogP contribution in [-0.2, 0) is 37.9 Å². The molecular formula is C45H74O19. The van der Waals surface area contributed by atoms with E-state index in [4.69, 9.17) is 37.9 Å². The zero-order chi connectivity index (χ0) is 45.8. The molecular weight excluding hydrogens is 844 g/mol. The third-order valence-corrected chi connectivity index (χ3v) is 18.3. The summed E-state index contributed by atoms with van der Waals surface area (Å²) in [6.45, 7) is 7.77. The summed E-state index contributed by atoms with van der Waals surface area (Å²) in [7, 11) is 0. The third kappa shape index (κ3) is 7.76. The molecule has 9 fully saturated rings. The molecule has 0 aromatic heterocycles. The lowest BCUT2D eigenvalue weighted by Crippen LogP contribution is -2.66. The molecule has 0 radical (unpaired) electrons. The van der Waals surface area contributed by atoms with Gasteiger partial charge in [-0.25, -0.2) is 0 Å². The predicted octanol–water partition coefficient (Wildman–Crippen LogP) is -1.76. The van der Waals surface area contributed by atoms with Crippen molar-refractivity contribution in [3.05, 3.63) is 0 Å². The van der Waals surface area contributed by atoms with Gasteiger partial charge in [0.2, 0.25) is 0 Å². The highest BCUT2D eigenvalue weighted by Crippen LogP contribution is 2.71. The number of hydrogen-bond donors (Lipinski definition) is 11. The Morgan fingerprint density at radius 2 is 1.11 bits per heavy atom. The van der Waals surface area contributed by atoms with Gasteiger partial charge in [0, 0.05) is 18.3 Å². The summed E-state index contributed by atoms with van der Waals surface area (Å²) in [4.78, 5) is 0. The minimum absolute atomic E-state index is 0.0205. The molecule has 5 saturated heterocycles. The second kappa shape index (κ2) is 18.2. The largest absolute Gasteiger partial charge is 0.394 e. The van der Waals surface area contributed by atoms with E-state index < -0.39 is 124 Å². The van der Waals surface area contributed by atoms with E-state index in [-0.39, 0.29) is 40.8 Å². The van der Waals surface area contributed by atoms with Crippen LogP contribution in [0.1, 0.15) is 85.5 Å². The van der Waals surface area contributed by atoms with Gasteiger partial charge < -0.3 is 94.1 Å². The van der Waals surface area contributed by atoms with E-state index >= 15 is 0 Å². The third-order valence-electron chi connectivity index (χ3n) is 18.3. The van der Waals surface area contributed by atoms with Crippen LogP contribution in [0.15, 0.2) is 0 Å². The highest BCUT2D eigenvalue weighted by atomic mass is 16.8. The number of hydrogen-bond acceptors (Lipinski definition) is 19. The maximum atomic E-state index is 12.2. The predicted molar refractivity (Wildman–Crippen MR) is 217 cm³/mol. The van der Waals surface area contributed by atoms with Crippen LogP contribution in [-0.4, -0.2) is 199 Å². The number of ether oxygens (including phenoxy) is 8. The van der Waals surface area contributed by atoms with Crippen LogP contribution in [0.25, 0.3) is 0 Å². The first kappa shape index (κ1) is 48.3. The summed E-state index contributed by atoms with van der Waals surface area (Å²) in [6, 6.07) is 0. The Bertz CT molecular complexity index is 1600. The summed E-state index contributed by atoms with van der Waals surface area (Å²) >= 11 is 0. The van der Waals surface area contributed by atoms with Crippen molar-refractivity contribution in [1.29, 1.82) is 0 Å². The molecule has 5 heterocycles. The maximum absolute atomic E-state index is 12.2. The molecule has 4 aliphatic carbocycles. The fourth-order valence-corrected chi connectivity index (χ4v) is 14.7. The molecule has 64 heavy (non-hydrogen) atoms. The van der Waals surface area contributed by atoms with Gasteiger partial charge in [-0.1, -0.05) is 27.7 Å². The van der Waals surface area contributed by atoms with E-state index in [1.165, 1.54) is 0 Å². The maximum Gasteiger partial charge on any atom is 0.187 e. The molecule has 19 nitrogen and oxygen atoms in total. The van der Waals surface area contributed by atoms with Gasteiger partial charge in [-0.2, -0.15) is 0 Å². The molecule has 0 bridgehead atoms. The Labute approximate surface area is 373 Å². The lowest BCUT2D eigenvalue weighted by Gasteiger charge is -2.61. The van der Waals surface area contributed by atoms with Crippen molar-refractivity contribution >= 4 is 0 Å². The van der Waals surface area contributed by atoms with Gasteiger partial charge >= 0.3 is 0 Å². The van der Waals surface area contributed by atoms with Crippen molar-refractivity contribution in [2.24, 2.45) is 52.3 Å². The van der Waals surface area contributed by atoms with Crippen LogP contribution in [0, 0.1) is 52.3 Å². The monoisotopic (exact) mass is 918 g/mol. The molecule has 4 saturated carbocycles. The van der Waals surface area contributed by atoms with Crippen molar-refractivity contribution < 1.29 is 94.1 Å². The van der Waals surface area contributed by atoms with Crippen LogP contribution in [0.4, 0.5) is 0 Å². The smallest absolute Gasteiger partial charge is 0.187 e. The summed E-state index contributed by atoms with van der Waals surface area (Å²) in [5, 5.41) is 118. The van der Waals surface area contributed by atoms with Crippen molar-refractivity contribution in [2.45, 2.75) is 202 Å². The molecule has 9 rings (SSSR count). The molecule has 0 aromatic rings. The zero-order valence-electron chi connectivity index (χ0n) is 37.3. The second-order valence-electron chi connectivity index (χ2n) is 21.6. The lowest BCUT2D eigenvalue weighted by molar-refractivity contribution is -0.381. The second-order valence-corrected chi connectivity index (χ2v) is 21.6. The molecule has 0 amide bonds. The average molecular weight is 919 g/mol. The first-order valence-electron chi connectivity index (χ1n) is 23.9. The molecule has 11 N–H and O–H groups in total. The minimum Gasteiger partial charge on any atom is -0.394 e. The minimum atomic E-state index is -1.92. The Kier molecular flexibility index (Phi) is 13.7. The van der Waals surface area contributed by atoms with Crippen LogP contribution in [0.2, 0.25) is 0 Å². The number of aliphatic hydroxyl groups excluding tert-OH is 11. The SMILES string of the molecule is CC1CCC2(OC1)OC1C(O)[C@H]3[C@@H]4CCC5CC(O[C@@H]6O[C@H](CO)[C@@H](O[C@@H]7O[C@H](CO)[C@@H](O[C@@H]8O[C@H](CO)[C@@H](O)[C@H](O)[C@H]8O)[C@H](O)[C@H]7O)[C@H](O)[C@H]6O)CC[C@]5(C)[C@H]4CC[C@]3(C)[C@H]1C2C. The Hall–Kier alpha value is -0.760. The lowest BCUT2D eigenvalue weighted by atomic mass is 9.44. The normalized spacial score (nSPS) is 58.6. The standard InChI is InChI=1S/C45H74O19/c1-18-7-12-45(57-17-18)19(2)27-39(64-45)30(50)28-22-6-5-20-13-21(8-10-43(20,3)23(22)9-11-44(27,28)4)58-40-35(55)32(52)37(25(15-47)60-40)63-42-36(56)33(53)38(26(16-48)61-42)62-41-34(54)31(51)29(49)24(14-46)59-41/h18-42,46-56H,5-17H2,1-4H3/t18?,19?,20?,21?,22-,23+,24-,25-,26-,27+,28-,29-,30?,31+,32-,33-,34-,35-,36-,37-,38-,39?,40-,41+,42+,43+,44-,45?/m1/s1. The van der Waals surface area contributed by atoms with E-state index in [9.17, 15) is 56.2 Å². The van der Waals surface area contributed by atoms with Gasteiger partial charge in [0.15, 0.2) is 24.7 Å². The quantitative estimate of drug-likeness (QED) is 0.114. The van der Waals surface area contributed by atoms with E-state index in [0.717, 1.165) is 51.4 Å². The molecule has 1 spiro atoms. The van der Waals surface area contributed by atoms with Crippen molar-refractivity contribution in [1.82, 2.24) is 0 Å². The summed E-state index contributed by atoms with van der Waals surface area (Å²) in [5.74, 6) is 1.64. The number of aliphatic hydroxyl groups is 11. The van der Waals surface area contributed by atoms with Gasteiger partial charge in [0.05, 0.1) is 44.7 Å². The van der Waals surface area contributed by atoms with Crippen LogP contribution < -0.4 is 0 Å². The highest BCUT2D eigenvalue weighted by molar-refractivity contribution is 5.18. The first-order chi connectivity index (χ1) is 30.4. The first-order valence-corrected chi connectivity index (χ1v) is 23.9. The summed E-state index contributed by atoms with van der Waals surface area (Å²) < 4.78 is 48.3. The molecule has 9 aliphatic rings. The Morgan fingerprint density at radius 1 is 0.547 bits per heavy atom. The van der Waals surface area contributed by atoms with Crippen LogP contribution >= 0.6 is 0 Å². The fraction of sp³-hybridized carbons (Fsp3) is 1.00. The van der Waals surface area contributed by atoms with E-state index in [0.29, 0.717) is 36.7 Å². The van der Waals surface area contributed by atoms with E-state index in [2.05, 4.69) is 27.7 Å². The van der Waals surface area contributed by atoms with Gasteiger partial charge in [0.25, 0.3) is 0 Å². The van der Waals surface area contributed by atoms with Gasteiger partial charge in [-0.3, -0.25) is 0 Å². The highest BCUT2D eigenvalue weighted by Gasteiger charge is 2.72. The molecule has 0 aromatic carbocycles. The van der Waals surface area contributed by atoms with E-state index in [1.807, 2.05) is 0 Å². The van der Waals surface area contributed by atoms with E-state index in [1.54, 1.807) is 0 Å². The van der Waals surface area contributed by atoms with Gasteiger partial charge in [-0.15, -0.1) is 0 Å². The Balaban J connectivity index is 0.808. The number of rotatable bonds is 9. The average Bonchev–Trinajstić information content (AvgIpc) is 3.69. The molecule has 368 valence electrons. The van der Waals surface area contributed by atoms with Crippen molar-refractivity contribution in [3.8, 4) is 0 Å². The topological polar surface area (TPSA) is 296 Å². The summed E-state index contributed by atoms with van der Waals surface area (Å²) in [5.41, 5.74) is -0.0213. The van der Waals surface area contributed by atoms with Gasteiger partial charge in [0.1, 0.15) is 73.2 Å².